The summed E-state index contributed by atoms with van der Waals surface area (Å²) in [6, 6.07) is 2.35. The van der Waals surface area contributed by atoms with Gasteiger partial charge in [-0.25, -0.2) is 65.9 Å². The van der Waals surface area contributed by atoms with Crippen LogP contribution in [0.3, 0.4) is 0 Å². The first-order chi connectivity index (χ1) is 22.0. The molecule has 0 aliphatic heterocycles. The van der Waals surface area contributed by atoms with Crippen molar-refractivity contribution in [3.8, 4) is 5.75 Å². The summed E-state index contributed by atoms with van der Waals surface area (Å²) in [6.45, 7) is 8.66. The third kappa shape index (κ3) is 5.22. The molecule has 4 aromatic carbocycles. The monoisotopic (exact) mass is 719 g/mol. The fourth-order valence-electron chi connectivity index (χ4n) is 5.21. The van der Waals surface area contributed by atoms with E-state index in [2.05, 4.69) is 0 Å². The van der Waals surface area contributed by atoms with Crippen molar-refractivity contribution in [3.63, 3.8) is 0 Å². The Hall–Kier alpha value is -4.09. The van der Waals surface area contributed by atoms with E-state index in [1.165, 1.54) is 0 Å². The normalized spacial score (nSPS) is 12.6. The average molecular weight is 719 g/mol. The van der Waals surface area contributed by atoms with E-state index in [-0.39, 0.29) is 5.75 Å². The molecule has 4 rings (SSSR count). The van der Waals surface area contributed by atoms with E-state index in [0.717, 1.165) is 12.1 Å². The van der Waals surface area contributed by atoms with Gasteiger partial charge in [-0.3, -0.25) is 0 Å². The zero-order chi connectivity index (χ0) is 36.6. The van der Waals surface area contributed by atoms with Gasteiger partial charge in [0, 0.05) is 0 Å². The summed E-state index contributed by atoms with van der Waals surface area (Å²) in [7, 11) is -2.80. The molecule has 0 unspecified atom stereocenters. The Morgan fingerprint density at radius 1 is 0.417 bits per heavy atom. The first-order valence-electron chi connectivity index (χ1n) is 13.5. The van der Waals surface area contributed by atoms with Gasteiger partial charge < -0.3 is 4.43 Å². The molecule has 1 nitrogen and oxygen atoms in total. The minimum absolute atomic E-state index is 0.206. The Bertz CT molecular complexity index is 1720. The Morgan fingerprint density at radius 3 is 0.875 bits per heavy atom. The lowest BCUT2D eigenvalue weighted by Crippen LogP contribution is -2.79. The van der Waals surface area contributed by atoms with Gasteiger partial charge in [-0.2, -0.15) is 5.46 Å². The fraction of sp³-hybridized carbons (Fsp3) is 0.200. The molecule has 0 bridgehead atoms. The van der Waals surface area contributed by atoms with Crippen LogP contribution in [-0.2, 0) is 0 Å². The number of rotatable bonds is 6. The zero-order valence-corrected chi connectivity index (χ0v) is 26.0. The summed E-state index contributed by atoms with van der Waals surface area (Å²) in [5.41, 5.74) is -9.53. The van der Waals surface area contributed by atoms with Crippen molar-refractivity contribution in [3.05, 3.63) is 112 Å². The molecule has 0 saturated heterocycles. The lowest BCUT2D eigenvalue weighted by Gasteiger charge is -2.45. The number of hydrogen-bond acceptors (Lipinski definition) is 1. The van der Waals surface area contributed by atoms with Crippen LogP contribution in [-0.4, -0.2) is 14.5 Å². The van der Waals surface area contributed by atoms with E-state index in [9.17, 15) is 39.5 Å². The van der Waals surface area contributed by atoms with Crippen LogP contribution < -0.4 is 26.3 Å². The standard InChI is InChI=1S/C30H19BF15OSi/c1-30(2,3)48(4,5)47-11-8-6-10(7-9-11)31(12-15(32)21(38)27(44)22(39)16(12)33,13-17(34)23(40)28(45)24(41)18(13)35)14-19(36)25(42)29(46)26(43)20(14)37/h6-9H,1-5H3/q-1. The molecule has 258 valence electrons. The molecule has 0 aromatic heterocycles. The highest BCUT2D eigenvalue weighted by molar-refractivity contribution is 7.20. The van der Waals surface area contributed by atoms with Gasteiger partial charge in [-0.1, -0.05) is 32.9 Å². The number of halogens is 15. The van der Waals surface area contributed by atoms with Crippen molar-refractivity contribution in [2.75, 3.05) is 0 Å². The molecule has 0 atom stereocenters. The van der Waals surface area contributed by atoms with Gasteiger partial charge in [-0.15, -0.1) is 16.4 Å². The predicted octanol–water partition coefficient (Wildman–Crippen LogP) is 7.53. The first kappa shape index (κ1) is 36.7. The Balaban J connectivity index is 2.41. The quantitative estimate of drug-likeness (QED) is 0.0868. The molecule has 0 aliphatic carbocycles. The molecule has 48 heavy (non-hydrogen) atoms. The van der Waals surface area contributed by atoms with Gasteiger partial charge in [0.25, 0.3) is 0 Å². The summed E-state index contributed by atoms with van der Waals surface area (Å²) in [5, 5.41) is -0.528. The molecule has 18 heteroatoms. The largest absolute Gasteiger partial charge is 0.544 e. The molecular formula is C30H19BF15OSi-. The SMILES string of the molecule is CC(C)(C)[Si](C)(C)Oc1ccc([B-](c2c(F)c(F)c(F)c(F)c2F)(c2c(F)c(F)c(F)c(F)c2F)c2c(F)c(F)c(F)c(F)c2F)cc1. The maximum absolute atomic E-state index is 15.7. The predicted molar refractivity (Wildman–Crippen MR) is 147 cm³/mol. The van der Waals surface area contributed by atoms with Crippen molar-refractivity contribution in [2.24, 2.45) is 0 Å². The maximum atomic E-state index is 15.7. The summed E-state index contributed by atoms with van der Waals surface area (Å²) in [4.78, 5) is 0. The second-order valence-corrected chi connectivity index (χ2v) is 17.0. The van der Waals surface area contributed by atoms with Gasteiger partial charge in [0.2, 0.25) is 8.32 Å². The molecule has 0 radical (unpaired) electrons. The molecular weight excluding hydrogens is 700 g/mol. The van der Waals surface area contributed by atoms with Crippen molar-refractivity contribution in [1.82, 2.24) is 0 Å². The zero-order valence-electron chi connectivity index (χ0n) is 25.0. The lowest BCUT2D eigenvalue weighted by molar-refractivity contribution is 0.380. The van der Waals surface area contributed by atoms with Gasteiger partial charge in [-0.05, 0) is 30.3 Å². The van der Waals surface area contributed by atoms with Crippen molar-refractivity contribution < 1.29 is 70.3 Å². The first-order valence-corrected chi connectivity index (χ1v) is 16.4. The van der Waals surface area contributed by atoms with Crippen LogP contribution in [0.1, 0.15) is 20.8 Å². The summed E-state index contributed by atoms with van der Waals surface area (Å²) in [5.74, 6) is -45.9. The molecule has 0 aliphatic rings. The molecule has 0 amide bonds. The molecule has 0 heterocycles. The highest BCUT2D eigenvalue weighted by Crippen LogP contribution is 2.37. The highest BCUT2D eigenvalue weighted by Gasteiger charge is 2.49. The summed E-state index contributed by atoms with van der Waals surface area (Å²) >= 11 is 0. The fourth-order valence-corrected chi connectivity index (χ4v) is 6.24. The van der Waals surface area contributed by atoms with Crippen LogP contribution in [0.15, 0.2) is 24.3 Å². The molecule has 0 saturated carbocycles. The van der Waals surface area contributed by atoms with Gasteiger partial charge in [0.15, 0.2) is 52.4 Å². The van der Waals surface area contributed by atoms with Crippen molar-refractivity contribution in [1.29, 1.82) is 0 Å². The summed E-state index contributed by atoms with van der Waals surface area (Å²) < 4.78 is 231. The minimum atomic E-state index is -5.84. The topological polar surface area (TPSA) is 9.23 Å². The van der Waals surface area contributed by atoms with Crippen molar-refractivity contribution >= 4 is 36.3 Å². The van der Waals surface area contributed by atoms with Crippen LogP contribution in [0.25, 0.3) is 0 Å². The van der Waals surface area contributed by atoms with E-state index in [0.29, 0.717) is 12.1 Å². The number of benzene rings is 4. The third-order valence-electron chi connectivity index (χ3n) is 8.59. The summed E-state index contributed by atoms with van der Waals surface area (Å²) in [6.07, 6.45) is -5.84. The second-order valence-electron chi connectivity index (χ2n) is 12.2. The molecule has 0 fully saturated rings. The molecule has 0 N–H and O–H groups in total. The Morgan fingerprint density at radius 2 is 0.646 bits per heavy atom. The lowest BCUT2D eigenvalue weighted by atomic mass is 9.12. The van der Waals surface area contributed by atoms with Crippen LogP contribution in [0.4, 0.5) is 65.9 Å². The van der Waals surface area contributed by atoms with Crippen LogP contribution >= 0.6 is 0 Å². The highest BCUT2D eigenvalue weighted by atomic mass is 28.4. The van der Waals surface area contributed by atoms with Crippen molar-refractivity contribution in [2.45, 2.75) is 38.9 Å². The Labute approximate surface area is 263 Å². The van der Waals surface area contributed by atoms with E-state index >= 15 is 26.3 Å². The average Bonchev–Trinajstić information content (AvgIpc) is 3.02. The smallest absolute Gasteiger partial charge is 0.250 e. The van der Waals surface area contributed by atoms with Gasteiger partial charge in [0.1, 0.15) is 46.8 Å². The van der Waals surface area contributed by atoms with E-state index in [1.54, 1.807) is 33.9 Å². The van der Waals surface area contributed by atoms with Crippen LogP contribution in [0.5, 0.6) is 5.75 Å². The van der Waals surface area contributed by atoms with Crippen LogP contribution in [0.2, 0.25) is 18.1 Å². The number of hydrogen-bond donors (Lipinski definition) is 0. The maximum Gasteiger partial charge on any atom is 0.250 e. The minimum Gasteiger partial charge on any atom is -0.544 e. The van der Waals surface area contributed by atoms with E-state index in [1.807, 2.05) is 0 Å². The molecule has 4 aromatic rings. The second kappa shape index (κ2) is 12.1. The van der Waals surface area contributed by atoms with Gasteiger partial charge in [0.05, 0.1) is 0 Å². The van der Waals surface area contributed by atoms with Crippen LogP contribution in [0, 0.1) is 87.3 Å². The molecule has 0 spiro atoms. The van der Waals surface area contributed by atoms with E-state index in [4.69, 9.17) is 4.43 Å². The third-order valence-corrected chi connectivity index (χ3v) is 12.9. The van der Waals surface area contributed by atoms with E-state index < -0.39 is 129 Å². The Kier molecular flexibility index (Phi) is 9.27. The van der Waals surface area contributed by atoms with Gasteiger partial charge >= 0.3 is 0 Å².